The molecule has 1 heteroatoms. The Morgan fingerprint density at radius 1 is 1.19 bits per heavy atom. The van der Waals surface area contributed by atoms with Gasteiger partial charge in [-0.1, -0.05) is 26.8 Å². The third kappa shape index (κ3) is 1.95. The van der Waals surface area contributed by atoms with Crippen molar-refractivity contribution in [3.8, 4) is 0 Å². The molecule has 2 aromatic rings. The number of fused-ring (bicyclic) bond motifs is 1. The first-order valence-corrected chi connectivity index (χ1v) is 6.01. The lowest BCUT2D eigenvalue weighted by atomic mass is 9.95. The van der Waals surface area contributed by atoms with E-state index in [9.17, 15) is 0 Å². The summed E-state index contributed by atoms with van der Waals surface area (Å²) in [7, 11) is 0. The average Bonchev–Trinajstić information content (AvgIpc) is 2.27. The van der Waals surface area contributed by atoms with Crippen LogP contribution in [0.15, 0.2) is 24.4 Å². The van der Waals surface area contributed by atoms with Crippen molar-refractivity contribution in [3.63, 3.8) is 0 Å². The lowest BCUT2D eigenvalue weighted by Gasteiger charge is -2.12. The molecule has 0 N–H and O–H groups in total. The Morgan fingerprint density at radius 3 is 2.56 bits per heavy atom. The molecule has 1 nitrogen and oxygen atoms in total. The summed E-state index contributed by atoms with van der Waals surface area (Å²) < 4.78 is 0. The van der Waals surface area contributed by atoms with E-state index in [2.05, 4.69) is 50.9 Å². The Kier molecular flexibility index (Phi) is 2.95. The van der Waals surface area contributed by atoms with Gasteiger partial charge < -0.3 is 0 Å². The highest BCUT2D eigenvalue weighted by molar-refractivity contribution is 5.84. The monoisotopic (exact) mass is 213 g/mol. The molecule has 0 radical (unpaired) electrons. The minimum Gasteiger partial charge on any atom is -0.256 e. The molecule has 1 aromatic heterocycles. The first kappa shape index (κ1) is 11.1. The number of benzene rings is 1. The maximum Gasteiger partial charge on any atom is 0.0707 e. The molecule has 0 atom stereocenters. The van der Waals surface area contributed by atoms with Crippen molar-refractivity contribution < 1.29 is 0 Å². The lowest BCUT2D eigenvalue weighted by Crippen LogP contribution is -1.94. The van der Waals surface area contributed by atoms with Gasteiger partial charge in [-0.05, 0) is 48.1 Å². The summed E-state index contributed by atoms with van der Waals surface area (Å²) in [4.78, 5) is 4.56. The van der Waals surface area contributed by atoms with Crippen molar-refractivity contribution in [2.24, 2.45) is 0 Å². The fourth-order valence-electron chi connectivity index (χ4n) is 2.12. The fraction of sp³-hybridized carbons (Fsp3) is 0.400. The molecule has 0 aliphatic carbocycles. The van der Waals surface area contributed by atoms with E-state index in [0.29, 0.717) is 5.92 Å². The molecule has 1 heterocycles. The Balaban J connectivity index is 2.75. The zero-order chi connectivity index (χ0) is 11.7. The summed E-state index contributed by atoms with van der Waals surface area (Å²) in [5.74, 6) is 0.552. The van der Waals surface area contributed by atoms with Crippen LogP contribution < -0.4 is 0 Å². The molecule has 16 heavy (non-hydrogen) atoms. The normalized spacial score (nSPS) is 11.3. The van der Waals surface area contributed by atoms with E-state index < -0.39 is 0 Å². The topological polar surface area (TPSA) is 12.9 Å². The Labute approximate surface area is 97.5 Å². The van der Waals surface area contributed by atoms with Gasteiger partial charge in [-0.2, -0.15) is 0 Å². The number of aryl methyl sites for hydroxylation is 2. The van der Waals surface area contributed by atoms with Crippen LogP contribution in [0.5, 0.6) is 0 Å². The van der Waals surface area contributed by atoms with Crippen molar-refractivity contribution in [2.75, 3.05) is 0 Å². The quantitative estimate of drug-likeness (QED) is 0.727. The first-order chi connectivity index (χ1) is 7.61. The predicted molar refractivity (Wildman–Crippen MR) is 69.9 cm³/mol. The van der Waals surface area contributed by atoms with Crippen LogP contribution in [0.3, 0.4) is 0 Å². The standard InChI is InChI=1S/C15H19N/c1-5-12-8-14-13(10(2)3)6-11(4)7-15(14)16-9-12/h6-10H,5H2,1-4H3. The molecule has 0 aliphatic rings. The molecule has 1 aromatic carbocycles. The van der Waals surface area contributed by atoms with Crippen LogP contribution in [0, 0.1) is 6.92 Å². The van der Waals surface area contributed by atoms with Gasteiger partial charge >= 0.3 is 0 Å². The molecule has 0 amide bonds. The van der Waals surface area contributed by atoms with Gasteiger partial charge in [0.15, 0.2) is 0 Å². The molecule has 0 saturated heterocycles. The van der Waals surface area contributed by atoms with Crippen molar-refractivity contribution >= 4 is 10.9 Å². The zero-order valence-electron chi connectivity index (χ0n) is 10.5. The second-order valence-corrected chi connectivity index (χ2v) is 4.77. The van der Waals surface area contributed by atoms with Gasteiger partial charge in [-0.3, -0.25) is 4.98 Å². The molecule has 0 fully saturated rings. The van der Waals surface area contributed by atoms with Gasteiger partial charge in [-0.25, -0.2) is 0 Å². The Hall–Kier alpha value is -1.37. The largest absolute Gasteiger partial charge is 0.256 e. The second-order valence-electron chi connectivity index (χ2n) is 4.77. The number of aromatic nitrogens is 1. The van der Waals surface area contributed by atoms with Crippen LogP contribution in [0.1, 0.15) is 43.4 Å². The number of hydrogen-bond acceptors (Lipinski definition) is 1. The number of hydrogen-bond donors (Lipinski definition) is 0. The zero-order valence-corrected chi connectivity index (χ0v) is 10.5. The van der Waals surface area contributed by atoms with Gasteiger partial charge in [-0.15, -0.1) is 0 Å². The smallest absolute Gasteiger partial charge is 0.0707 e. The van der Waals surface area contributed by atoms with E-state index >= 15 is 0 Å². The van der Waals surface area contributed by atoms with Crippen molar-refractivity contribution in [3.05, 3.63) is 41.1 Å². The van der Waals surface area contributed by atoms with Crippen molar-refractivity contribution in [2.45, 2.75) is 40.0 Å². The third-order valence-corrected chi connectivity index (χ3v) is 3.06. The minimum atomic E-state index is 0.552. The maximum absolute atomic E-state index is 4.56. The fourth-order valence-corrected chi connectivity index (χ4v) is 2.12. The van der Waals surface area contributed by atoms with Crippen LogP contribution in [0.25, 0.3) is 10.9 Å². The third-order valence-electron chi connectivity index (χ3n) is 3.06. The number of pyridine rings is 1. The van der Waals surface area contributed by atoms with Crippen LogP contribution in [-0.2, 0) is 6.42 Å². The van der Waals surface area contributed by atoms with E-state index in [-0.39, 0.29) is 0 Å². The lowest BCUT2D eigenvalue weighted by molar-refractivity contribution is 0.874. The van der Waals surface area contributed by atoms with E-state index in [1.807, 2.05) is 6.20 Å². The Morgan fingerprint density at radius 2 is 1.94 bits per heavy atom. The number of nitrogens with zero attached hydrogens (tertiary/aromatic N) is 1. The molecular formula is C15H19N. The molecule has 0 aliphatic heterocycles. The molecule has 0 unspecified atom stereocenters. The van der Waals surface area contributed by atoms with E-state index in [4.69, 9.17) is 0 Å². The first-order valence-electron chi connectivity index (χ1n) is 6.01. The molecule has 2 rings (SSSR count). The molecular weight excluding hydrogens is 194 g/mol. The summed E-state index contributed by atoms with van der Waals surface area (Å²) in [5, 5.41) is 1.32. The summed E-state index contributed by atoms with van der Waals surface area (Å²) in [5.41, 5.74) is 5.16. The average molecular weight is 213 g/mol. The maximum atomic E-state index is 4.56. The highest BCUT2D eigenvalue weighted by atomic mass is 14.6. The Bertz CT molecular complexity index is 512. The van der Waals surface area contributed by atoms with E-state index in [1.165, 1.54) is 22.1 Å². The predicted octanol–water partition coefficient (Wildman–Crippen LogP) is 4.23. The van der Waals surface area contributed by atoms with E-state index in [1.54, 1.807) is 0 Å². The van der Waals surface area contributed by atoms with Gasteiger partial charge in [0.1, 0.15) is 0 Å². The van der Waals surface area contributed by atoms with E-state index in [0.717, 1.165) is 11.9 Å². The van der Waals surface area contributed by atoms with Crippen molar-refractivity contribution in [1.29, 1.82) is 0 Å². The summed E-state index contributed by atoms with van der Waals surface area (Å²) in [6, 6.07) is 6.74. The molecule has 84 valence electrons. The van der Waals surface area contributed by atoms with Crippen LogP contribution in [-0.4, -0.2) is 4.98 Å². The van der Waals surface area contributed by atoms with Crippen LogP contribution >= 0.6 is 0 Å². The minimum absolute atomic E-state index is 0.552. The van der Waals surface area contributed by atoms with Crippen LogP contribution in [0.4, 0.5) is 0 Å². The summed E-state index contributed by atoms with van der Waals surface area (Å²) in [6.07, 6.45) is 3.04. The highest BCUT2D eigenvalue weighted by Gasteiger charge is 2.07. The SMILES string of the molecule is CCc1cnc2cc(C)cc(C(C)C)c2c1. The van der Waals surface area contributed by atoms with Crippen LogP contribution in [0.2, 0.25) is 0 Å². The van der Waals surface area contributed by atoms with Gasteiger partial charge in [0, 0.05) is 11.6 Å². The molecule has 0 saturated carbocycles. The van der Waals surface area contributed by atoms with Gasteiger partial charge in [0.05, 0.1) is 5.52 Å². The molecule has 0 bridgehead atoms. The summed E-state index contributed by atoms with van der Waals surface area (Å²) >= 11 is 0. The van der Waals surface area contributed by atoms with Crippen molar-refractivity contribution in [1.82, 2.24) is 4.98 Å². The van der Waals surface area contributed by atoms with Gasteiger partial charge in [0.2, 0.25) is 0 Å². The second kappa shape index (κ2) is 4.25. The molecule has 0 spiro atoms. The number of rotatable bonds is 2. The summed E-state index contributed by atoms with van der Waals surface area (Å²) in [6.45, 7) is 8.80. The van der Waals surface area contributed by atoms with Gasteiger partial charge in [0.25, 0.3) is 0 Å². The highest BCUT2D eigenvalue weighted by Crippen LogP contribution is 2.26.